The summed E-state index contributed by atoms with van der Waals surface area (Å²) in [6.07, 6.45) is 3.13. The third-order valence-corrected chi connectivity index (χ3v) is 5.14. The average Bonchev–Trinajstić information content (AvgIpc) is 3.57. The number of anilines is 1. The number of ether oxygens (including phenoxy) is 2. The van der Waals surface area contributed by atoms with Gasteiger partial charge in [-0.1, -0.05) is 37.3 Å². The van der Waals surface area contributed by atoms with E-state index in [9.17, 15) is 4.79 Å². The van der Waals surface area contributed by atoms with Gasteiger partial charge in [0, 0.05) is 18.5 Å². The molecule has 0 bridgehead atoms. The highest BCUT2D eigenvalue weighted by Crippen LogP contribution is 2.47. The number of rotatable bonds is 7. The van der Waals surface area contributed by atoms with E-state index in [0.717, 1.165) is 23.3 Å². The second-order valence-electron chi connectivity index (χ2n) is 7.19. The topological polar surface area (TPSA) is 99.7 Å². The molecule has 158 valence electrons. The summed E-state index contributed by atoms with van der Waals surface area (Å²) in [7, 11) is 1.63. The van der Waals surface area contributed by atoms with Crippen molar-refractivity contribution in [3.05, 3.63) is 59.1 Å². The number of aromatic nitrogens is 2. The van der Waals surface area contributed by atoms with E-state index in [1.165, 1.54) is 0 Å². The number of carbonyl (C=O) groups excluding carboxylic acids is 1. The van der Waals surface area contributed by atoms with Crippen molar-refractivity contribution in [3.63, 3.8) is 0 Å². The first-order valence-electron chi connectivity index (χ1n) is 10.2. The predicted octanol–water partition coefficient (Wildman–Crippen LogP) is 3.96. The van der Waals surface area contributed by atoms with E-state index >= 15 is 0 Å². The number of aliphatic imine (C=N–C) groups is 1. The second kappa shape index (κ2) is 9.52. The molecule has 1 aromatic heterocycles. The molecule has 2 atom stereocenters. The van der Waals surface area contributed by atoms with Crippen molar-refractivity contribution in [2.45, 2.75) is 39.5 Å². The Bertz CT molecular complexity index is 970. The normalized spacial score (nSPS) is 19.1. The number of nitrogens with zero attached hydrogens (tertiary/aromatic N) is 3. The number of carbonyl (C=O) groups is 1. The fourth-order valence-electron chi connectivity index (χ4n) is 3.22. The summed E-state index contributed by atoms with van der Waals surface area (Å²) in [6, 6.07) is 9.85. The van der Waals surface area contributed by atoms with Crippen LogP contribution in [0.5, 0.6) is 0 Å². The molecule has 0 aliphatic heterocycles. The van der Waals surface area contributed by atoms with Gasteiger partial charge in [-0.15, -0.1) is 0 Å². The van der Waals surface area contributed by atoms with Crippen LogP contribution in [-0.2, 0) is 14.3 Å². The molecular formula is C23H28N4O3. The summed E-state index contributed by atoms with van der Waals surface area (Å²) in [5.41, 5.74) is 9.21. The molecule has 0 spiro atoms. The minimum atomic E-state index is -0.198. The minimum Gasteiger partial charge on any atom is -0.466 e. The van der Waals surface area contributed by atoms with Crippen molar-refractivity contribution in [1.82, 2.24) is 9.97 Å². The quantitative estimate of drug-likeness (QED) is 0.322. The minimum absolute atomic E-state index is 0.0180. The molecule has 0 amide bonds. The molecule has 1 heterocycles. The van der Waals surface area contributed by atoms with Crippen LogP contribution in [0.15, 0.2) is 47.1 Å². The Morgan fingerprint density at radius 3 is 2.63 bits per heavy atom. The number of allylic oxidation sites excluding steroid dienone is 1. The van der Waals surface area contributed by atoms with Crippen LogP contribution in [0.4, 0.5) is 5.82 Å². The molecule has 7 nitrogen and oxygen atoms in total. The smallest absolute Gasteiger partial charge is 0.309 e. The van der Waals surface area contributed by atoms with Gasteiger partial charge in [0.2, 0.25) is 5.90 Å². The van der Waals surface area contributed by atoms with Gasteiger partial charge in [0.1, 0.15) is 5.76 Å². The molecule has 1 aliphatic rings. The van der Waals surface area contributed by atoms with Crippen LogP contribution in [0.3, 0.4) is 0 Å². The van der Waals surface area contributed by atoms with E-state index in [1.807, 2.05) is 37.3 Å². The first-order chi connectivity index (χ1) is 14.5. The Balaban J connectivity index is 1.89. The largest absolute Gasteiger partial charge is 0.466 e. The van der Waals surface area contributed by atoms with Crippen molar-refractivity contribution in [2.75, 3.05) is 19.4 Å². The Kier molecular flexibility index (Phi) is 6.82. The summed E-state index contributed by atoms with van der Waals surface area (Å²) in [5.74, 6) is 0.852. The van der Waals surface area contributed by atoms with Crippen molar-refractivity contribution in [2.24, 2.45) is 10.9 Å². The van der Waals surface area contributed by atoms with Crippen LogP contribution in [-0.4, -0.2) is 35.5 Å². The maximum atomic E-state index is 12.0. The number of esters is 1. The predicted molar refractivity (Wildman–Crippen MR) is 117 cm³/mol. The lowest BCUT2D eigenvalue weighted by molar-refractivity contribution is -0.144. The highest BCUT2D eigenvalue weighted by atomic mass is 16.5. The van der Waals surface area contributed by atoms with Crippen molar-refractivity contribution < 1.29 is 14.3 Å². The molecule has 1 saturated carbocycles. The molecule has 1 aromatic carbocycles. The number of hydrogen-bond acceptors (Lipinski definition) is 7. The molecule has 1 fully saturated rings. The van der Waals surface area contributed by atoms with Gasteiger partial charge in [-0.05, 0) is 32.3 Å². The van der Waals surface area contributed by atoms with Gasteiger partial charge in [0.25, 0.3) is 0 Å². The first-order valence-corrected chi connectivity index (χ1v) is 10.2. The monoisotopic (exact) mass is 408 g/mol. The molecule has 2 N–H and O–H groups in total. The molecule has 7 heteroatoms. The van der Waals surface area contributed by atoms with Gasteiger partial charge in [-0.2, -0.15) is 0 Å². The summed E-state index contributed by atoms with van der Waals surface area (Å²) in [6.45, 7) is 6.26. The van der Waals surface area contributed by atoms with Gasteiger partial charge in [0.15, 0.2) is 11.5 Å². The van der Waals surface area contributed by atoms with Gasteiger partial charge < -0.3 is 15.2 Å². The van der Waals surface area contributed by atoms with Crippen LogP contribution in [0.25, 0.3) is 5.76 Å². The third-order valence-electron chi connectivity index (χ3n) is 5.14. The molecule has 3 rings (SSSR count). The lowest BCUT2D eigenvalue weighted by Gasteiger charge is -2.16. The van der Waals surface area contributed by atoms with Gasteiger partial charge in [-0.25, -0.2) is 9.97 Å². The van der Waals surface area contributed by atoms with Gasteiger partial charge in [0.05, 0.1) is 24.4 Å². The molecule has 30 heavy (non-hydrogen) atoms. The van der Waals surface area contributed by atoms with Crippen molar-refractivity contribution in [3.8, 4) is 0 Å². The summed E-state index contributed by atoms with van der Waals surface area (Å²) in [4.78, 5) is 25.2. The summed E-state index contributed by atoms with van der Waals surface area (Å²) >= 11 is 0. The maximum absolute atomic E-state index is 12.0. The lowest BCUT2D eigenvalue weighted by atomic mass is 10.1. The van der Waals surface area contributed by atoms with E-state index in [-0.39, 0.29) is 23.6 Å². The van der Waals surface area contributed by atoms with E-state index in [4.69, 9.17) is 15.2 Å². The maximum Gasteiger partial charge on any atom is 0.309 e. The molecule has 0 saturated heterocycles. The van der Waals surface area contributed by atoms with E-state index in [1.54, 1.807) is 20.2 Å². The van der Waals surface area contributed by atoms with E-state index < -0.39 is 0 Å². The van der Waals surface area contributed by atoms with Gasteiger partial charge in [-0.3, -0.25) is 9.79 Å². The van der Waals surface area contributed by atoms with Gasteiger partial charge >= 0.3 is 5.97 Å². The SMILES string of the molecule is CCOC(=O)C1CC1c1cnc(N)c(C(=NC)OC(=C(C)CC)c2ccccc2)n1. The molecule has 0 radical (unpaired) electrons. The zero-order chi connectivity index (χ0) is 21.7. The van der Waals surface area contributed by atoms with Crippen LogP contribution >= 0.6 is 0 Å². The molecule has 2 unspecified atom stereocenters. The average molecular weight is 409 g/mol. The van der Waals surface area contributed by atoms with E-state index in [0.29, 0.717) is 30.3 Å². The number of hydrogen-bond donors (Lipinski definition) is 1. The van der Waals surface area contributed by atoms with Crippen molar-refractivity contribution >= 4 is 23.4 Å². The Morgan fingerprint density at radius 1 is 1.27 bits per heavy atom. The standard InChI is InChI=1S/C23H28N4O3/c1-5-14(3)20(15-10-8-7-9-11-15)30-22(25-4)19-21(24)26-13-18(27-19)16-12-17(16)23(28)29-6-2/h7-11,13,16-17H,5-6,12H2,1-4H3,(H2,24,26). The summed E-state index contributed by atoms with van der Waals surface area (Å²) < 4.78 is 11.3. The Hall–Kier alpha value is -3.22. The van der Waals surface area contributed by atoms with Crippen molar-refractivity contribution in [1.29, 1.82) is 0 Å². The number of nitrogens with two attached hydrogens (primary N) is 1. The van der Waals surface area contributed by atoms with Crippen LogP contribution in [0, 0.1) is 5.92 Å². The zero-order valence-electron chi connectivity index (χ0n) is 17.9. The molecule has 2 aromatic rings. The van der Waals surface area contributed by atoms with Crippen LogP contribution in [0.2, 0.25) is 0 Å². The highest BCUT2D eigenvalue weighted by Gasteiger charge is 2.46. The Morgan fingerprint density at radius 2 is 2.00 bits per heavy atom. The summed E-state index contributed by atoms with van der Waals surface area (Å²) in [5, 5.41) is 0. The lowest BCUT2D eigenvalue weighted by Crippen LogP contribution is -2.15. The Labute approximate surface area is 177 Å². The van der Waals surface area contributed by atoms with Crippen LogP contribution < -0.4 is 5.73 Å². The molecular weight excluding hydrogens is 380 g/mol. The fourth-order valence-corrected chi connectivity index (χ4v) is 3.22. The first kappa shape index (κ1) is 21.5. The highest BCUT2D eigenvalue weighted by molar-refractivity contribution is 5.99. The number of nitrogen functional groups attached to an aromatic ring is 1. The number of benzene rings is 1. The third kappa shape index (κ3) is 4.67. The molecule has 1 aliphatic carbocycles. The zero-order valence-corrected chi connectivity index (χ0v) is 17.9. The van der Waals surface area contributed by atoms with Crippen LogP contribution in [0.1, 0.15) is 56.5 Å². The van der Waals surface area contributed by atoms with E-state index in [2.05, 4.69) is 21.9 Å². The fraction of sp³-hybridized carbons (Fsp3) is 0.391. The second-order valence-corrected chi connectivity index (χ2v) is 7.19.